The van der Waals surface area contributed by atoms with Crippen molar-refractivity contribution in [2.24, 2.45) is 5.92 Å². The third kappa shape index (κ3) is 8.71. The predicted octanol–water partition coefficient (Wildman–Crippen LogP) is 3.17. The highest BCUT2D eigenvalue weighted by atomic mass is 32.2. The maximum absolute atomic E-state index is 13.6. The van der Waals surface area contributed by atoms with Crippen molar-refractivity contribution in [1.82, 2.24) is 14.5 Å². The average molecular weight is 592 g/mol. The molecular formula is C29H41N3O8S. The zero-order valence-corrected chi connectivity index (χ0v) is 24.5. The largest absolute Gasteiger partial charge is 0.494 e. The number of fused-ring (bicyclic) bond motifs is 1. The Morgan fingerprint density at radius 1 is 1.07 bits per heavy atom. The number of likely N-dealkylation sites (tertiary alicyclic amines) is 1. The number of rotatable bonds is 15. The Morgan fingerprint density at radius 3 is 2.46 bits per heavy atom. The molecule has 2 aliphatic rings. The van der Waals surface area contributed by atoms with Crippen molar-refractivity contribution in [2.75, 3.05) is 46.1 Å². The molecule has 0 spiro atoms. The first-order valence-corrected chi connectivity index (χ1v) is 15.6. The van der Waals surface area contributed by atoms with Gasteiger partial charge in [-0.1, -0.05) is 26.0 Å². The van der Waals surface area contributed by atoms with Crippen LogP contribution in [-0.2, 0) is 16.4 Å². The molecule has 1 saturated heterocycles. The summed E-state index contributed by atoms with van der Waals surface area (Å²) < 4.78 is 44.9. The SMILES string of the molecule is CC(C)CN(C[C@H](O)[C@H](Cc1ccc(OCCCN2CCCC2)cc1)NC(=O)O)S(=O)(=O)c1ccc2c(c1)OCO2. The molecule has 0 aliphatic carbocycles. The number of carboxylic acid groups (broad SMARTS) is 1. The van der Waals surface area contributed by atoms with Crippen LogP contribution in [0.5, 0.6) is 17.2 Å². The van der Waals surface area contributed by atoms with Crippen molar-refractivity contribution < 1.29 is 37.6 Å². The molecule has 0 bridgehead atoms. The number of hydrogen-bond acceptors (Lipinski definition) is 8. The van der Waals surface area contributed by atoms with E-state index in [-0.39, 0.29) is 37.1 Å². The van der Waals surface area contributed by atoms with E-state index < -0.39 is 28.3 Å². The number of nitrogens with zero attached hydrogens (tertiary/aromatic N) is 2. The van der Waals surface area contributed by atoms with Crippen LogP contribution in [0.15, 0.2) is 47.4 Å². The molecule has 41 heavy (non-hydrogen) atoms. The molecule has 0 saturated carbocycles. The van der Waals surface area contributed by atoms with Crippen LogP contribution in [0.4, 0.5) is 4.79 Å². The second-order valence-electron chi connectivity index (χ2n) is 11.0. The van der Waals surface area contributed by atoms with Crippen LogP contribution in [0.1, 0.15) is 38.7 Å². The van der Waals surface area contributed by atoms with Gasteiger partial charge in [0.15, 0.2) is 11.5 Å². The van der Waals surface area contributed by atoms with Gasteiger partial charge >= 0.3 is 6.09 Å². The van der Waals surface area contributed by atoms with E-state index in [0.717, 1.165) is 37.4 Å². The van der Waals surface area contributed by atoms with Gasteiger partial charge in [-0.2, -0.15) is 4.31 Å². The highest BCUT2D eigenvalue weighted by Crippen LogP contribution is 2.35. The van der Waals surface area contributed by atoms with Crippen LogP contribution in [0, 0.1) is 5.92 Å². The molecule has 0 unspecified atom stereocenters. The second-order valence-corrected chi connectivity index (χ2v) is 12.9. The topological polar surface area (TPSA) is 138 Å². The Kier molecular flexibility index (Phi) is 10.7. The van der Waals surface area contributed by atoms with Crippen molar-refractivity contribution in [1.29, 1.82) is 0 Å². The van der Waals surface area contributed by atoms with Crippen LogP contribution in [0.3, 0.4) is 0 Å². The fourth-order valence-electron chi connectivity index (χ4n) is 5.10. The standard InChI is InChI=1S/C29H41N3O8S/c1-21(2)18-32(41(36,37)24-10-11-27-28(17-24)40-20-39-27)19-26(33)25(30-29(34)35)16-22-6-8-23(9-7-22)38-15-5-14-31-12-3-4-13-31/h6-11,17,21,25-26,30,33H,3-5,12-16,18-20H2,1-2H3,(H,34,35)/t25-,26-/m0/s1. The smallest absolute Gasteiger partial charge is 0.404 e. The van der Waals surface area contributed by atoms with Crippen LogP contribution in [0.2, 0.25) is 0 Å². The van der Waals surface area contributed by atoms with E-state index in [2.05, 4.69) is 10.2 Å². The number of aliphatic hydroxyl groups excluding tert-OH is 1. The van der Waals surface area contributed by atoms with Crippen molar-refractivity contribution in [3.8, 4) is 17.2 Å². The molecule has 226 valence electrons. The molecule has 0 radical (unpaired) electrons. The highest BCUT2D eigenvalue weighted by Gasteiger charge is 2.32. The van der Waals surface area contributed by atoms with Gasteiger partial charge in [0.2, 0.25) is 16.8 Å². The minimum Gasteiger partial charge on any atom is -0.494 e. The maximum atomic E-state index is 13.6. The van der Waals surface area contributed by atoms with Gasteiger partial charge in [0, 0.05) is 25.7 Å². The fourth-order valence-corrected chi connectivity index (χ4v) is 6.74. The first-order valence-electron chi connectivity index (χ1n) is 14.1. The quantitative estimate of drug-likeness (QED) is 0.267. The summed E-state index contributed by atoms with van der Waals surface area (Å²) >= 11 is 0. The Morgan fingerprint density at radius 2 is 1.78 bits per heavy atom. The third-order valence-electron chi connectivity index (χ3n) is 7.18. The summed E-state index contributed by atoms with van der Waals surface area (Å²) in [5.41, 5.74) is 0.779. The van der Waals surface area contributed by atoms with Crippen LogP contribution in [-0.4, -0.2) is 92.2 Å². The van der Waals surface area contributed by atoms with Gasteiger partial charge in [-0.25, -0.2) is 13.2 Å². The minimum atomic E-state index is -4.03. The Balaban J connectivity index is 1.40. The number of nitrogens with one attached hydrogen (secondary N) is 1. The van der Waals surface area contributed by atoms with E-state index in [9.17, 15) is 23.4 Å². The van der Waals surface area contributed by atoms with Crippen LogP contribution in [0.25, 0.3) is 0 Å². The second kappa shape index (κ2) is 14.2. The van der Waals surface area contributed by atoms with Gasteiger partial charge in [-0.3, -0.25) is 0 Å². The third-order valence-corrected chi connectivity index (χ3v) is 9.01. The molecule has 2 aromatic rings. The molecule has 3 N–H and O–H groups in total. The number of ether oxygens (including phenoxy) is 3. The normalized spacial score (nSPS) is 16.7. The summed E-state index contributed by atoms with van der Waals surface area (Å²) in [6.07, 6.45) is 1.03. The zero-order valence-electron chi connectivity index (χ0n) is 23.7. The lowest BCUT2D eigenvalue weighted by Crippen LogP contribution is -2.50. The Labute approximate surface area is 242 Å². The van der Waals surface area contributed by atoms with Crippen LogP contribution < -0.4 is 19.5 Å². The molecule has 4 rings (SSSR count). The van der Waals surface area contributed by atoms with Gasteiger partial charge in [0.05, 0.1) is 23.6 Å². The summed E-state index contributed by atoms with van der Waals surface area (Å²) in [6.45, 7) is 7.56. The first kappa shape index (κ1) is 30.9. The first-order chi connectivity index (χ1) is 19.6. The fraction of sp³-hybridized carbons (Fsp3) is 0.552. The van der Waals surface area contributed by atoms with Crippen molar-refractivity contribution >= 4 is 16.1 Å². The van der Waals surface area contributed by atoms with Crippen molar-refractivity contribution in [3.05, 3.63) is 48.0 Å². The van der Waals surface area contributed by atoms with E-state index in [1.165, 1.54) is 35.3 Å². The average Bonchev–Trinajstić information content (AvgIpc) is 3.62. The molecule has 0 aromatic heterocycles. The predicted molar refractivity (Wildman–Crippen MR) is 153 cm³/mol. The number of sulfonamides is 1. The molecule has 1 amide bonds. The number of aliphatic hydroxyl groups is 1. The molecule has 12 heteroatoms. The molecule has 2 heterocycles. The summed E-state index contributed by atoms with van der Waals surface area (Å²) in [7, 11) is -4.03. The summed E-state index contributed by atoms with van der Waals surface area (Å²) in [4.78, 5) is 14.0. The van der Waals surface area contributed by atoms with E-state index in [1.807, 2.05) is 38.1 Å². The molecule has 1 fully saturated rings. The van der Waals surface area contributed by atoms with E-state index in [1.54, 1.807) is 0 Å². The minimum absolute atomic E-state index is 0.00774. The molecule has 11 nitrogen and oxygen atoms in total. The van der Waals surface area contributed by atoms with Gasteiger partial charge < -0.3 is 34.6 Å². The number of amides is 1. The highest BCUT2D eigenvalue weighted by molar-refractivity contribution is 7.89. The molecule has 2 atom stereocenters. The Hall–Kier alpha value is -3.06. The zero-order chi connectivity index (χ0) is 29.4. The van der Waals surface area contributed by atoms with Crippen molar-refractivity contribution in [2.45, 2.75) is 56.6 Å². The molecule has 2 aliphatic heterocycles. The molecule has 2 aromatic carbocycles. The van der Waals surface area contributed by atoms with Gasteiger partial charge in [0.1, 0.15) is 5.75 Å². The van der Waals surface area contributed by atoms with Crippen molar-refractivity contribution in [3.63, 3.8) is 0 Å². The number of benzene rings is 2. The van der Waals surface area contributed by atoms with E-state index in [4.69, 9.17) is 14.2 Å². The summed E-state index contributed by atoms with van der Waals surface area (Å²) in [5.74, 6) is 1.47. The summed E-state index contributed by atoms with van der Waals surface area (Å²) in [5, 5.41) is 23.0. The van der Waals surface area contributed by atoms with Gasteiger partial charge in [0.25, 0.3) is 0 Å². The Bertz CT molecular complexity index is 1250. The lowest BCUT2D eigenvalue weighted by Gasteiger charge is -2.30. The van der Waals surface area contributed by atoms with E-state index in [0.29, 0.717) is 18.1 Å². The molecular weight excluding hydrogens is 550 g/mol. The van der Waals surface area contributed by atoms with Gasteiger partial charge in [-0.15, -0.1) is 0 Å². The lowest BCUT2D eigenvalue weighted by molar-refractivity contribution is 0.0980. The lowest BCUT2D eigenvalue weighted by atomic mass is 10.0. The maximum Gasteiger partial charge on any atom is 0.404 e. The van der Waals surface area contributed by atoms with Gasteiger partial charge in [-0.05, 0) is 74.5 Å². The monoisotopic (exact) mass is 591 g/mol. The number of hydrogen-bond donors (Lipinski definition) is 3. The summed E-state index contributed by atoms with van der Waals surface area (Å²) in [6, 6.07) is 10.7. The van der Waals surface area contributed by atoms with Crippen LogP contribution >= 0.6 is 0 Å². The number of carbonyl (C=O) groups is 1. The van der Waals surface area contributed by atoms with E-state index >= 15 is 0 Å².